The summed E-state index contributed by atoms with van der Waals surface area (Å²) >= 11 is 0. The second kappa shape index (κ2) is 7.93. The molecule has 0 amide bonds. The molecule has 0 radical (unpaired) electrons. The van der Waals surface area contributed by atoms with Crippen LogP contribution in [0.3, 0.4) is 0 Å². The highest BCUT2D eigenvalue weighted by Gasteiger charge is 2.00. The quantitative estimate of drug-likeness (QED) is 0.565. The third kappa shape index (κ3) is 4.34. The number of hydrogen-bond donors (Lipinski definition) is 0. The predicted molar refractivity (Wildman–Crippen MR) is 83.4 cm³/mol. The van der Waals surface area contributed by atoms with Crippen LogP contribution < -0.4 is 0 Å². The number of pyridine rings is 1. The van der Waals surface area contributed by atoms with Crippen molar-refractivity contribution in [2.24, 2.45) is 0 Å². The van der Waals surface area contributed by atoms with E-state index in [4.69, 9.17) is 0 Å². The van der Waals surface area contributed by atoms with Crippen molar-refractivity contribution in [1.29, 1.82) is 0 Å². The third-order valence-corrected chi connectivity index (χ3v) is 3.80. The maximum Gasteiger partial charge on any atom is 0.0346 e. The van der Waals surface area contributed by atoms with Crippen LogP contribution >= 0.6 is 0 Å². The van der Waals surface area contributed by atoms with Crippen molar-refractivity contribution in [3.63, 3.8) is 0 Å². The molecule has 2 aromatic rings. The molecule has 19 heavy (non-hydrogen) atoms. The molecule has 0 spiro atoms. The fraction of sp³-hybridized carbons (Fsp3) is 0.500. The minimum Gasteiger partial charge on any atom is -0.264 e. The molecular formula is C18H25N. The van der Waals surface area contributed by atoms with E-state index < -0.39 is 0 Å². The number of unbranched alkanes of at least 4 members (excludes halogenated alkanes) is 6. The van der Waals surface area contributed by atoms with Crippen LogP contribution in [0.5, 0.6) is 0 Å². The molecule has 2 rings (SSSR count). The fourth-order valence-electron chi connectivity index (χ4n) is 2.65. The largest absolute Gasteiger partial charge is 0.264 e. The Morgan fingerprint density at radius 3 is 2.42 bits per heavy atom. The van der Waals surface area contributed by atoms with E-state index in [-0.39, 0.29) is 0 Å². The number of benzene rings is 1. The van der Waals surface area contributed by atoms with Crippen molar-refractivity contribution in [2.45, 2.75) is 58.3 Å². The molecule has 0 bridgehead atoms. The summed E-state index contributed by atoms with van der Waals surface area (Å²) in [6, 6.07) is 8.57. The van der Waals surface area contributed by atoms with Gasteiger partial charge in [0.25, 0.3) is 0 Å². The summed E-state index contributed by atoms with van der Waals surface area (Å²) in [5.41, 5.74) is 1.41. The van der Waals surface area contributed by atoms with E-state index in [1.54, 1.807) is 0 Å². The van der Waals surface area contributed by atoms with Gasteiger partial charge in [-0.25, -0.2) is 0 Å². The van der Waals surface area contributed by atoms with Crippen LogP contribution in [0.2, 0.25) is 0 Å². The zero-order valence-corrected chi connectivity index (χ0v) is 12.1. The van der Waals surface area contributed by atoms with Gasteiger partial charge in [0.2, 0.25) is 0 Å². The molecule has 102 valence electrons. The highest BCUT2D eigenvalue weighted by Crippen LogP contribution is 2.19. The first kappa shape index (κ1) is 14.0. The molecule has 0 atom stereocenters. The molecular weight excluding hydrogens is 230 g/mol. The van der Waals surface area contributed by atoms with E-state index >= 15 is 0 Å². The highest BCUT2D eigenvalue weighted by molar-refractivity contribution is 5.84. The molecule has 1 aromatic carbocycles. The lowest BCUT2D eigenvalue weighted by molar-refractivity contribution is 0.589. The summed E-state index contributed by atoms with van der Waals surface area (Å²) in [6.45, 7) is 2.27. The van der Waals surface area contributed by atoms with Crippen LogP contribution in [-0.2, 0) is 6.42 Å². The van der Waals surface area contributed by atoms with Crippen molar-refractivity contribution >= 4 is 10.8 Å². The molecule has 0 aliphatic rings. The van der Waals surface area contributed by atoms with Crippen LogP contribution in [0.25, 0.3) is 10.8 Å². The van der Waals surface area contributed by atoms with Gasteiger partial charge in [0, 0.05) is 17.8 Å². The lowest BCUT2D eigenvalue weighted by atomic mass is 10.0. The van der Waals surface area contributed by atoms with Crippen LogP contribution in [0.1, 0.15) is 57.4 Å². The highest BCUT2D eigenvalue weighted by atomic mass is 14.6. The fourth-order valence-corrected chi connectivity index (χ4v) is 2.65. The first-order valence-corrected chi connectivity index (χ1v) is 7.73. The van der Waals surface area contributed by atoms with Crippen LogP contribution in [0.4, 0.5) is 0 Å². The van der Waals surface area contributed by atoms with Gasteiger partial charge >= 0.3 is 0 Å². The van der Waals surface area contributed by atoms with Crippen LogP contribution in [-0.4, -0.2) is 4.98 Å². The van der Waals surface area contributed by atoms with Gasteiger partial charge in [0.05, 0.1) is 0 Å². The smallest absolute Gasteiger partial charge is 0.0346 e. The Balaban J connectivity index is 1.78. The van der Waals surface area contributed by atoms with Crippen molar-refractivity contribution in [1.82, 2.24) is 4.98 Å². The van der Waals surface area contributed by atoms with Gasteiger partial charge in [0.15, 0.2) is 0 Å². The maximum absolute atomic E-state index is 4.35. The van der Waals surface area contributed by atoms with Gasteiger partial charge in [-0.05, 0) is 23.8 Å². The molecule has 0 saturated heterocycles. The van der Waals surface area contributed by atoms with E-state index in [0.29, 0.717) is 0 Å². The lowest BCUT2D eigenvalue weighted by Gasteiger charge is -2.06. The topological polar surface area (TPSA) is 12.9 Å². The molecule has 0 fully saturated rings. The Labute approximate surface area is 117 Å². The molecule has 0 unspecified atom stereocenters. The Morgan fingerprint density at radius 2 is 1.58 bits per heavy atom. The zero-order valence-electron chi connectivity index (χ0n) is 12.1. The van der Waals surface area contributed by atoms with Crippen molar-refractivity contribution in [3.05, 3.63) is 42.2 Å². The summed E-state index contributed by atoms with van der Waals surface area (Å²) in [5, 5.41) is 2.64. The normalized spacial score (nSPS) is 11.0. The second-order valence-corrected chi connectivity index (χ2v) is 5.39. The number of aryl methyl sites for hydroxylation is 1. The van der Waals surface area contributed by atoms with Crippen molar-refractivity contribution < 1.29 is 0 Å². The maximum atomic E-state index is 4.35. The summed E-state index contributed by atoms with van der Waals surface area (Å²) < 4.78 is 0. The molecule has 1 nitrogen and oxygen atoms in total. The molecule has 1 aromatic heterocycles. The Hall–Kier alpha value is -1.37. The first-order valence-electron chi connectivity index (χ1n) is 7.73. The number of rotatable bonds is 8. The monoisotopic (exact) mass is 255 g/mol. The summed E-state index contributed by atoms with van der Waals surface area (Å²) in [5.74, 6) is 0. The van der Waals surface area contributed by atoms with Gasteiger partial charge in [-0.3, -0.25) is 4.98 Å². The standard InChI is InChI=1S/C18H25N/c1-2-3-4-5-6-7-8-11-16-14-19-15-17-12-9-10-13-18(16)17/h9-10,12-15H,2-8,11H2,1H3. The van der Waals surface area contributed by atoms with Crippen LogP contribution in [0, 0.1) is 0 Å². The van der Waals surface area contributed by atoms with E-state index in [2.05, 4.69) is 36.2 Å². The number of fused-ring (bicyclic) bond motifs is 1. The van der Waals surface area contributed by atoms with Crippen molar-refractivity contribution in [3.8, 4) is 0 Å². The van der Waals surface area contributed by atoms with E-state index in [1.807, 2.05) is 12.4 Å². The SMILES string of the molecule is CCCCCCCCCc1cncc2ccccc12. The van der Waals surface area contributed by atoms with Gasteiger partial charge < -0.3 is 0 Å². The molecule has 0 aliphatic heterocycles. The van der Waals surface area contributed by atoms with E-state index in [1.165, 1.54) is 67.7 Å². The van der Waals surface area contributed by atoms with Gasteiger partial charge in [-0.2, -0.15) is 0 Å². The second-order valence-electron chi connectivity index (χ2n) is 5.39. The van der Waals surface area contributed by atoms with E-state index in [9.17, 15) is 0 Å². The molecule has 1 heterocycles. The summed E-state index contributed by atoms with van der Waals surface area (Å²) in [7, 11) is 0. The Bertz CT molecular complexity index is 485. The third-order valence-electron chi connectivity index (χ3n) is 3.80. The van der Waals surface area contributed by atoms with Crippen LogP contribution in [0.15, 0.2) is 36.7 Å². The Morgan fingerprint density at radius 1 is 0.842 bits per heavy atom. The average molecular weight is 255 g/mol. The summed E-state index contributed by atoms with van der Waals surface area (Å²) in [4.78, 5) is 4.35. The average Bonchev–Trinajstić information content (AvgIpc) is 2.46. The molecule has 1 heteroatoms. The number of aromatic nitrogens is 1. The first-order chi connectivity index (χ1) is 9.42. The number of hydrogen-bond acceptors (Lipinski definition) is 1. The van der Waals surface area contributed by atoms with Gasteiger partial charge in [-0.15, -0.1) is 0 Å². The van der Waals surface area contributed by atoms with E-state index in [0.717, 1.165) is 0 Å². The lowest BCUT2D eigenvalue weighted by Crippen LogP contribution is -1.90. The summed E-state index contributed by atoms with van der Waals surface area (Å²) in [6.07, 6.45) is 14.8. The molecule has 0 N–H and O–H groups in total. The van der Waals surface area contributed by atoms with Gasteiger partial charge in [-0.1, -0.05) is 69.7 Å². The zero-order chi connectivity index (χ0) is 13.3. The van der Waals surface area contributed by atoms with Gasteiger partial charge in [0.1, 0.15) is 0 Å². The molecule has 0 saturated carbocycles. The minimum absolute atomic E-state index is 1.17. The molecule has 0 aliphatic carbocycles. The predicted octanol–water partition coefficient (Wildman–Crippen LogP) is 5.53. The number of nitrogens with zero attached hydrogens (tertiary/aromatic N) is 1. The Kier molecular flexibility index (Phi) is 5.87. The van der Waals surface area contributed by atoms with Crippen molar-refractivity contribution in [2.75, 3.05) is 0 Å². The minimum atomic E-state index is 1.17.